The molecule has 0 aliphatic carbocycles. The molecule has 0 radical (unpaired) electrons. The molecule has 1 unspecified atom stereocenters. The van der Waals surface area contributed by atoms with E-state index in [1.165, 1.54) is 12.1 Å². The van der Waals surface area contributed by atoms with Crippen molar-refractivity contribution < 1.29 is 30.5 Å². The Morgan fingerprint density at radius 3 is 2.40 bits per heavy atom. The van der Waals surface area contributed by atoms with Crippen LogP contribution in [0.3, 0.4) is 0 Å². The summed E-state index contributed by atoms with van der Waals surface area (Å²) in [4.78, 5) is 0. The Labute approximate surface area is 142 Å². The Kier molecular flexibility index (Phi) is 4.24. The van der Waals surface area contributed by atoms with Gasteiger partial charge in [-0.1, -0.05) is 36.4 Å². The van der Waals surface area contributed by atoms with Crippen LogP contribution < -0.4 is 4.74 Å². The summed E-state index contributed by atoms with van der Waals surface area (Å²) in [7, 11) is -5.78. The van der Waals surface area contributed by atoms with Gasteiger partial charge in [-0.15, -0.1) is 0 Å². The van der Waals surface area contributed by atoms with Crippen molar-refractivity contribution in [2.75, 3.05) is 0 Å². The van der Waals surface area contributed by atoms with Crippen molar-refractivity contribution in [3.63, 3.8) is 0 Å². The summed E-state index contributed by atoms with van der Waals surface area (Å²) in [5, 5.41) is 0. The number of benzene rings is 2. The Morgan fingerprint density at radius 1 is 1.08 bits per heavy atom. The maximum Gasteiger partial charge on any atom is 0.534 e. The first kappa shape index (κ1) is 17.3. The fourth-order valence-corrected chi connectivity index (χ4v) is 2.85. The third kappa shape index (κ3) is 3.48. The second kappa shape index (κ2) is 6.11. The number of rotatable bonds is 3. The molecule has 1 aliphatic rings. The summed E-state index contributed by atoms with van der Waals surface area (Å²) in [6.07, 6.45) is 0.449. The minimum Gasteiger partial charge on any atom is -0.481 e. The molecule has 132 valence electrons. The van der Waals surface area contributed by atoms with E-state index in [1.807, 2.05) is 0 Å². The lowest BCUT2D eigenvalue weighted by atomic mass is 10.0. The number of halogens is 3. The Hall–Kier alpha value is -2.48. The second-order valence-electron chi connectivity index (χ2n) is 5.46. The van der Waals surface area contributed by atoms with Crippen LogP contribution in [0.25, 0.3) is 5.76 Å². The van der Waals surface area contributed by atoms with Crippen molar-refractivity contribution in [2.45, 2.75) is 18.5 Å². The van der Waals surface area contributed by atoms with Gasteiger partial charge in [0.2, 0.25) is 0 Å². The first-order chi connectivity index (χ1) is 11.7. The van der Waals surface area contributed by atoms with E-state index in [-0.39, 0.29) is 11.3 Å². The van der Waals surface area contributed by atoms with E-state index in [2.05, 4.69) is 4.18 Å². The number of alkyl halides is 3. The van der Waals surface area contributed by atoms with Crippen LogP contribution in [0, 0.1) is 6.92 Å². The maximum atomic E-state index is 12.7. The lowest BCUT2D eigenvalue weighted by molar-refractivity contribution is -0.0510. The van der Waals surface area contributed by atoms with Crippen molar-refractivity contribution in [3.05, 3.63) is 71.3 Å². The molecule has 0 aromatic heterocycles. The zero-order valence-corrected chi connectivity index (χ0v) is 13.8. The predicted molar refractivity (Wildman–Crippen MR) is 85.0 cm³/mol. The fourth-order valence-electron chi connectivity index (χ4n) is 2.37. The maximum absolute atomic E-state index is 12.7. The van der Waals surface area contributed by atoms with Crippen LogP contribution in [0.1, 0.15) is 22.8 Å². The normalized spacial score (nSPS) is 17.3. The van der Waals surface area contributed by atoms with Gasteiger partial charge in [0.15, 0.2) is 5.76 Å². The van der Waals surface area contributed by atoms with E-state index >= 15 is 0 Å². The van der Waals surface area contributed by atoms with Gasteiger partial charge in [0.1, 0.15) is 11.9 Å². The minimum absolute atomic E-state index is 0.144. The van der Waals surface area contributed by atoms with Gasteiger partial charge in [-0.2, -0.15) is 21.6 Å². The third-order valence-electron chi connectivity index (χ3n) is 3.57. The average molecular weight is 370 g/mol. The highest BCUT2D eigenvalue weighted by Crippen LogP contribution is 2.40. The van der Waals surface area contributed by atoms with Crippen molar-refractivity contribution in [2.24, 2.45) is 0 Å². The highest BCUT2D eigenvalue weighted by atomic mass is 32.2. The Morgan fingerprint density at radius 2 is 1.76 bits per heavy atom. The van der Waals surface area contributed by atoms with E-state index in [1.54, 1.807) is 49.4 Å². The predicted octanol–water partition coefficient (Wildman–Crippen LogP) is 4.34. The first-order valence-corrected chi connectivity index (χ1v) is 8.63. The number of fused-ring (bicyclic) bond motifs is 1. The molecule has 3 rings (SSSR count). The first-order valence-electron chi connectivity index (χ1n) is 7.22. The molecule has 0 saturated carbocycles. The van der Waals surface area contributed by atoms with Crippen molar-refractivity contribution >= 4 is 15.9 Å². The number of hydrogen-bond acceptors (Lipinski definition) is 4. The monoisotopic (exact) mass is 370 g/mol. The Bertz CT molecular complexity index is 919. The molecule has 1 aliphatic heterocycles. The highest BCUT2D eigenvalue weighted by Gasteiger charge is 2.49. The summed E-state index contributed by atoms with van der Waals surface area (Å²) in [5.74, 6) is -0.156. The molecule has 1 heterocycles. The van der Waals surface area contributed by atoms with E-state index in [4.69, 9.17) is 4.74 Å². The highest BCUT2D eigenvalue weighted by molar-refractivity contribution is 7.87. The summed E-state index contributed by atoms with van der Waals surface area (Å²) in [6.45, 7) is 1.78. The Balaban J connectivity index is 2.07. The van der Waals surface area contributed by atoms with Gasteiger partial charge in [-0.05, 0) is 30.2 Å². The molecule has 2 aromatic carbocycles. The van der Waals surface area contributed by atoms with Crippen LogP contribution in [0.5, 0.6) is 5.75 Å². The van der Waals surface area contributed by atoms with Crippen LogP contribution in [-0.4, -0.2) is 13.9 Å². The van der Waals surface area contributed by atoms with Crippen LogP contribution in [0.15, 0.2) is 54.6 Å². The summed E-state index contributed by atoms with van der Waals surface area (Å²) < 4.78 is 71.0. The van der Waals surface area contributed by atoms with Gasteiger partial charge in [-0.25, -0.2) is 0 Å². The summed E-state index contributed by atoms with van der Waals surface area (Å²) in [6, 6.07) is 13.4. The number of ether oxygens (including phenoxy) is 1. The lowest BCUT2D eigenvalue weighted by Gasteiger charge is -2.26. The number of hydrogen-bond donors (Lipinski definition) is 0. The van der Waals surface area contributed by atoms with Crippen LogP contribution in [0.2, 0.25) is 0 Å². The van der Waals surface area contributed by atoms with Crippen LogP contribution in [0.4, 0.5) is 13.2 Å². The van der Waals surface area contributed by atoms with Crippen LogP contribution >= 0.6 is 0 Å². The smallest absolute Gasteiger partial charge is 0.481 e. The molecule has 0 fully saturated rings. The standard InChI is InChI=1S/C17H13F3O4S/c1-11-7-8-13-15(9-11)23-14(12-5-3-2-4-6-12)10-16(13)24-25(21,22)17(18,19)20/h2-10,14H,1H3. The zero-order chi connectivity index (χ0) is 18.2. The molecule has 0 saturated heterocycles. The van der Waals surface area contributed by atoms with Gasteiger partial charge >= 0.3 is 15.6 Å². The summed E-state index contributed by atoms with van der Waals surface area (Å²) in [5.41, 5.74) is -3.91. The molecule has 8 heteroatoms. The van der Waals surface area contributed by atoms with Crippen LogP contribution in [-0.2, 0) is 14.3 Å². The average Bonchev–Trinajstić information content (AvgIpc) is 2.53. The fraction of sp³-hybridized carbons (Fsp3) is 0.176. The lowest BCUT2D eigenvalue weighted by Crippen LogP contribution is -2.26. The molecular weight excluding hydrogens is 357 g/mol. The largest absolute Gasteiger partial charge is 0.534 e. The van der Waals surface area contributed by atoms with E-state index < -0.39 is 27.5 Å². The van der Waals surface area contributed by atoms with Crippen molar-refractivity contribution in [1.29, 1.82) is 0 Å². The zero-order valence-electron chi connectivity index (χ0n) is 12.9. The molecular formula is C17H13F3O4S. The molecule has 1 atom stereocenters. The topological polar surface area (TPSA) is 52.6 Å². The van der Waals surface area contributed by atoms with Crippen molar-refractivity contribution in [3.8, 4) is 5.75 Å². The molecule has 25 heavy (non-hydrogen) atoms. The van der Waals surface area contributed by atoms with E-state index in [0.717, 1.165) is 5.56 Å². The summed E-state index contributed by atoms with van der Waals surface area (Å²) >= 11 is 0. The van der Waals surface area contributed by atoms with E-state index in [0.29, 0.717) is 5.56 Å². The van der Waals surface area contributed by atoms with E-state index in [9.17, 15) is 21.6 Å². The van der Waals surface area contributed by atoms with Gasteiger partial charge in [0, 0.05) is 6.08 Å². The SMILES string of the molecule is Cc1ccc2c(c1)OC(c1ccccc1)C=C2OS(=O)(=O)C(F)(F)F. The molecule has 0 amide bonds. The van der Waals surface area contributed by atoms with Gasteiger partial charge in [-0.3, -0.25) is 0 Å². The molecule has 0 spiro atoms. The quantitative estimate of drug-likeness (QED) is 0.596. The molecule has 0 N–H and O–H groups in total. The minimum atomic E-state index is -5.78. The van der Waals surface area contributed by atoms with Crippen molar-refractivity contribution in [1.82, 2.24) is 0 Å². The van der Waals surface area contributed by atoms with Gasteiger partial charge in [0.05, 0.1) is 5.56 Å². The van der Waals surface area contributed by atoms with Gasteiger partial charge in [0.25, 0.3) is 0 Å². The third-order valence-corrected chi connectivity index (χ3v) is 4.54. The molecule has 2 aromatic rings. The van der Waals surface area contributed by atoms with Gasteiger partial charge < -0.3 is 8.92 Å². The molecule has 4 nitrogen and oxygen atoms in total. The second-order valence-corrected chi connectivity index (χ2v) is 7.00. The molecule has 0 bridgehead atoms. The number of aryl methyl sites for hydroxylation is 1.